The van der Waals surface area contributed by atoms with Crippen molar-refractivity contribution in [1.82, 2.24) is 0 Å². The van der Waals surface area contributed by atoms with E-state index in [0.29, 0.717) is 11.5 Å². The molecular formula is C20H18N2O2. The first-order valence-electron chi connectivity index (χ1n) is 7.73. The molecule has 0 aliphatic carbocycles. The number of ether oxygens (including phenoxy) is 1. The average molecular weight is 318 g/mol. The molecule has 120 valence electrons. The molecule has 24 heavy (non-hydrogen) atoms. The van der Waals surface area contributed by atoms with Gasteiger partial charge in [0.05, 0.1) is 12.8 Å². The topological polar surface area (TPSA) is 51.0 Å². The van der Waals surface area contributed by atoms with E-state index in [9.17, 15) is 4.79 Å². The van der Waals surface area contributed by atoms with Crippen LogP contribution in [0.15, 0.2) is 70.7 Å². The second-order valence-corrected chi connectivity index (χ2v) is 5.48. The third kappa shape index (κ3) is 3.33. The fourth-order valence-electron chi connectivity index (χ4n) is 2.68. The maximum absolute atomic E-state index is 12.2. The third-order valence-corrected chi connectivity index (χ3v) is 3.85. The number of esters is 1. The van der Waals surface area contributed by atoms with Gasteiger partial charge in [-0.15, -0.1) is 0 Å². The lowest BCUT2D eigenvalue weighted by molar-refractivity contribution is -0.140. The first-order chi connectivity index (χ1) is 11.7. The number of benzene rings is 2. The summed E-state index contributed by atoms with van der Waals surface area (Å²) in [6.45, 7) is 1.83. The quantitative estimate of drug-likeness (QED) is 0.798. The number of fused-ring (bicyclic) bond motifs is 1. The Labute approximate surface area is 141 Å². The zero-order valence-corrected chi connectivity index (χ0v) is 13.6. The predicted octanol–water partition coefficient (Wildman–Crippen LogP) is 4.16. The summed E-state index contributed by atoms with van der Waals surface area (Å²) in [6.07, 6.45) is 3.81. The van der Waals surface area contributed by atoms with Crippen molar-refractivity contribution >= 4 is 29.3 Å². The molecule has 4 nitrogen and oxygen atoms in total. The molecule has 1 aliphatic heterocycles. The summed E-state index contributed by atoms with van der Waals surface area (Å²) in [5, 5.41) is 0. The Morgan fingerprint density at radius 2 is 1.71 bits per heavy atom. The van der Waals surface area contributed by atoms with E-state index in [-0.39, 0.29) is 5.97 Å². The van der Waals surface area contributed by atoms with E-state index in [2.05, 4.69) is 9.98 Å². The number of rotatable bonds is 3. The van der Waals surface area contributed by atoms with E-state index in [1.807, 2.05) is 73.7 Å². The summed E-state index contributed by atoms with van der Waals surface area (Å²) in [5.74, 6) is -0.292. The second kappa shape index (κ2) is 7.04. The van der Waals surface area contributed by atoms with Gasteiger partial charge in [-0.05, 0) is 30.2 Å². The van der Waals surface area contributed by atoms with Crippen LogP contribution in [0, 0.1) is 0 Å². The molecule has 1 heterocycles. The van der Waals surface area contributed by atoms with E-state index in [4.69, 9.17) is 4.74 Å². The number of carbonyl (C=O) groups excluding carboxylic acids is 1. The van der Waals surface area contributed by atoms with Crippen molar-refractivity contribution in [2.24, 2.45) is 9.98 Å². The van der Waals surface area contributed by atoms with Crippen molar-refractivity contribution in [2.45, 2.75) is 12.8 Å². The van der Waals surface area contributed by atoms with Crippen LogP contribution < -0.4 is 0 Å². The normalized spacial score (nSPS) is 16.8. The van der Waals surface area contributed by atoms with E-state index in [1.54, 1.807) is 0 Å². The van der Waals surface area contributed by atoms with E-state index >= 15 is 0 Å². The second-order valence-electron chi connectivity index (χ2n) is 5.48. The van der Waals surface area contributed by atoms with Gasteiger partial charge in [0.25, 0.3) is 0 Å². The molecule has 0 bridgehead atoms. The number of hydrogen-bond acceptors (Lipinski definition) is 4. The summed E-state index contributed by atoms with van der Waals surface area (Å²) in [7, 11) is 1.39. The van der Waals surface area contributed by atoms with Gasteiger partial charge < -0.3 is 4.74 Å². The number of amidine groups is 1. The van der Waals surface area contributed by atoms with Gasteiger partial charge in [-0.2, -0.15) is 0 Å². The molecule has 0 fully saturated rings. The van der Waals surface area contributed by atoms with Crippen molar-refractivity contribution in [3.63, 3.8) is 0 Å². The summed E-state index contributed by atoms with van der Waals surface area (Å²) in [4.78, 5) is 21.3. The van der Waals surface area contributed by atoms with Crippen LogP contribution in [0.5, 0.6) is 0 Å². The molecule has 0 spiro atoms. The Balaban J connectivity index is 2.03. The Bertz CT molecular complexity index is 836. The van der Waals surface area contributed by atoms with Crippen molar-refractivity contribution < 1.29 is 9.53 Å². The van der Waals surface area contributed by atoms with E-state index < -0.39 is 5.92 Å². The number of hydrogen-bond donors (Lipinski definition) is 0. The molecular weight excluding hydrogens is 300 g/mol. The maximum Gasteiger partial charge on any atom is 0.318 e. The number of methoxy groups -OCH3 is 1. The number of aliphatic imine (C=N–C) groups is 2. The van der Waals surface area contributed by atoms with Crippen LogP contribution in [0.3, 0.4) is 0 Å². The smallest absolute Gasteiger partial charge is 0.318 e. The first kappa shape index (κ1) is 15.9. The Morgan fingerprint density at radius 1 is 1.00 bits per heavy atom. The highest BCUT2D eigenvalue weighted by molar-refractivity contribution is 6.15. The zero-order chi connectivity index (χ0) is 16.9. The predicted molar refractivity (Wildman–Crippen MR) is 96.9 cm³/mol. The van der Waals surface area contributed by atoms with Crippen molar-refractivity contribution in [3.05, 3.63) is 71.8 Å². The van der Waals surface area contributed by atoms with Crippen LogP contribution >= 0.6 is 0 Å². The zero-order valence-electron chi connectivity index (χ0n) is 13.6. The van der Waals surface area contributed by atoms with Crippen molar-refractivity contribution in [1.29, 1.82) is 0 Å². The van der Waals surface area contributed by atoms with E-state index in [0.717, 1.165) is 16.8 Å². The molecule has 4 heteroatoms. The monoisotopic (exact) mass is 318 g/mol. The standard InChI is InChI=1S/C20H18N2O2/c1-14-19(20(23)24-2)16-10-6-7-11-17(16)22-18(21-14)13-12-15-8-4-3-5-9-15/h3-13,19H,1-2H3/b13-12+. The fraction of sp³-hybridized carbons (Fsp3) is 0.150. The van der Waals surface area contributed by atoms with Gasteiger partial charge in [0.2, 0.25) is 0 Å². The summed E-state index contributed by atoms with van der Waals surface area (Å²) in [6, 6.07) is 17.5. The number of para-hydroxylation sites is 1. The van der Waals surface area contributed by atoms with Crippen LogP contribution in [-0.4, -0.2) is 24.6 Å². The maximum atomic E-state index is 12.2. The molecule has 3 rings (SSSR count). The molecule has 0 saturated carbocycles. The molecule has 0 saturated heterocycles. The molecule has 1 unspecified atom stereocenters. The van der Waals surface area contributed by atoms with Gasteiger partial charge in [-0.25, -0.2) is 9.98 Å². The largest absolute Gasteiger partial charge is 0.468 e. The Kier molecular flexibility index (Phi) is 4.66. The minimum Gasteiger partial charge on any atom is -0.468 e. The van der Waals surface area contributed by atoms with Gasteiger partial charge >= 0.3 is 5.97 Å². The first-order valence-corrected chi connectivity index (χ1v) is 7.73. The molecule has 0 amide bonds. The average Bonchev–Trinajstić information content (AvgIpc) is 2.75. The Hall–Kier alpha value is -3.01. The fourth-order valence-corrected chi connectivity index (χ4v) is 2.68. The molecule has 0 radical (unpaired) electrons. The lowest BCUT2D eigenvalue weighted by Gasteiger charge is -2.14. The molecule has 2 aromatic rings. The van der Waals surface area contributed by atoms with Crippen LogP contribution in [0.25, 0.3) is 6.08 Å². The van der Waals surface area contributed by atoms with Gasteiger partial charge in [0, 0.05) is 5.71 Å². The highest BCUT2D eigenvalue weighted by Crippen LogP contribution is 2.31. The molecule has 0 aromatic heterocycles. The van der Waals surface area contributed by atoms with Crippen LogP contribution in [0.2, 0.25) is 0 Å². The van der Waals surface area contributed by atoms with E-state index in [1.165, 1.54) is 7.11 Å². The minimum atomic E-state index is -0.530. The lowest BCUT2D eigenvalue weighted by Crippen LogP contribution is -2.21. The molecule has 1 atom stereocenters. The van der Waals surface area contributed by atoms with Gasteiger partial charge in [-0.3, -0.25) is 4.79 Å². The van der Waals surface area contributed by atoms with Crippen molar-refractivity contribution in [3.8, 4) is 0 Å². The van der Waals surface area contributed by atoms with Gasteiger partial charge in [0.15, 0.2) is 5.84 Å². The highest BCUT2D eigenvalue weighted by atomic mass is 16.5. The molecule has 2 aromatic carbocycles. The molecule has 1 aliphatic rings. The van der Waals surface area contributed by atoms with Gasteiger partial charge in [0.1, 0.15) is 5.92 Å². The summed E-state index contributed by atoms with van der Waals surface area (Å²) < 4.78 is 4.95. The SMILES string of the molecule is COC(=O)C1C(C)=NC(/C=C/c2ccccc2)=Nc2ccccc21. The number of carbonyl (C=O) groups is 1. The van der Waals surface area contributed by atoms with Crippen LogP contribution in [0.1, 0.15) is 24.0 Å². The Morgan fingerprint density at radius 3 is 2.46 bits per heavy atom. The van der Waals surface area contributed by atoms with Crippen molar-refractivity contribution in [2.75, 3.05) is 7.11 Å². The number of nitrogens with zero attached hydrogens (tertiary/aromatic N) is 2. The summed E-state index contributed by atoms with van der Waals surface area (Å²) in [5.41, 5.74) is 3.29. The minimum absolute atomic E-state index is 0.327. The van der Waals surface area contributed by atoms with Crippen LogP contribution in [-0.2, 0) is 9.53 Å². The van der Waals surface area contributed by atoms with Gasteiger partial charge in [-0.1, -0.05) is 54.6 Å². The lowest BCUT2D eigenvalue weighted by atomic mass is 9.93. The molecule has 0 N–H and O–H groups in total. The highest BCUT2D eigenvalue weighted by Gasteiger charge is 2.28. The third-order valence-electron chi connectivity index (χ3n) is 3.85. The summed E-state index contributed by atoms with van der Waals surface area (Å²) >= 11 is 0. The van der Waals surface area contributed by atoms with Crippen LogP contribution in [0.4, 0.5) is 5.69 Å².